The zero-order valence-corrected chi connectivity index (χ0v) is 34.8. The fraction of sp³-hybridized carbons (Fsp3) is 0.756. The van der Waals surface area contributed by atoms with E-state index < -0.39 is 42.2 Å². The average molecular weight is 746 g/mol. The first-order valence-electron chi connectivity index (χ1n) is 19.4. The van der Waals surface area contributed by atoms with E-state index in [2.05, 4.69) is 5.32 Å². The molecule has 4 N–H and O–H groups in total. The second-order valence-corrected chi connectivity index (χ2v) is 16.2. The number of ether oxygens (including phenoxy) is 2. The highest BCUT2D eigenvalue weighted by molar-refractivity contribution is 5.90. The Morgan fingerprint density at radius 1 is 0.962 bits per heavy atom. The van der Waals surface area contributed by atoms with E-state index in [4.69, 9.17) is 15.2 Å². The van der Waals surface area contributed by atoms with E-state index in [1.165, 1.54) is 7.11 Å². The van der Waals surface area contributed by atoms with Crippen LogP contribution in [-0.4, -0.2) is 128 Å². The van der Waals surface area contributed by atoms with Crippen LogP contribution < -0.4 is 11.1 Å². The van der Waals surface area contributed by atoms with Crippen LogP contribution in [0.4, 0.5) is 0 Å². The van der Waals surface area contributed by atoms with Crippen molar-refractivity contribution < 1.29 is 33.8 Å². The number of carbonyl (C=O) groups is 4. The zero-order valence-electron chi connectivity index (χ0n) is 34.8. The Hall–Kier alpha value is -2.90. The van der Waals surface area contributed by atoms with Crippen LogP contribution in [0.3, 0.4) is 0 Å². The molecule has 1 fully saturated rings. The fourth-order valence-electron chi connectivity index (χ4n) is 8.07. The molecule has 3 amide bonds. The molecule has 302 valence electrons. The van der Waals surface area contributed by atoms with Gasteiger partial charge in [-0.05, 0) is 50.8 Å². The molecule has 12 heteroatoms. The Bertz CT molecular complexity index is 1310. The van der Waals surface area contributed by atoms with E-state index in [-0.39, 0.29) is 85.7 Å². The summed E-state index contributed by atoms with van der Waals surface area (Å²) in [5.74, 6) is -1.83. The van der Waals surface area contributed by atoms with Gasteiger partial charge in [0, 0.05) is 52.7 Å². The van der Waals surface area contributed by atoms with Gasteiger partial charge in [0.2, 0.25) is 17.7 Å². The van der Waals surface area contributed by atoms with Crippen molar-refractivity contribution in [3.63, 3.8) is 0 Å². The van der Waals surface area contributed by atoms with Gasteiger partial charge in [-0.1, -0.05) is 84.7 Å². The fourth-order valence-corrected chi connectivity index (χ4v) is 8.07. The molecule has 2 unspecified atom stereocenters. The number of hydrogen-bond acceptors (Lipinski definition) is 9. The monoisotopic (exact) mass is 746 g/mol. The van der Waals surface area contributed by atoms with Gasteiger partial charge in [0.05, 0.1) is 48.8 Å². The first-order chi connectivity index (χ1) is 24.8. The lowest BCUT2D eigenvalue weighted by atomic mass is 9.83. The van der Waals surface area contributed by atoms with Crippen molar-refractivity contribution >= 4 is 23.5 Å². The minimum Gasteiger partial charge on any atom is -0.391 e. The largest absolute Gasteiger partial charge is 0.391 e. The van der Waals surface area contributed by atoms with Crippen molar-refractivity contribution in [1.29, 1.82) is 0 Å². The van der Waals surface area contributed by atoms with Gasteiger partial charge in [0.1, 0.15) is 0 Å². The second kappa shape index (κ2) is 21.3. The van der Waals surface area contributed by atoms with Crippen LogP contribution in [0.25, 0.3) is 0 Å². The first kappa shape index (κ1) is 46.3. The SMILES string of the molecule is CCC(C)[C@@H]([C@@H](CC(=O)N1C[C@@H](O)C[C@H]1[C@H](OC)[C@@H](C)C(=O)NCC(N)c1ccc(C)cc1)OC)N(C)C(=O)[C@@H](CC(=O)[C@H](C(C)C)N(C)C)C(C)C. The molecular formula is C41H71N5O7. The van der Waals surface area contributed by atoms with Crippen LogP contribution >= 0.6 is 0 Å². The maximum atomic E-state index is 14.3. The smallest absolute Gasteiger partial charge is 0.226 e. The zero-order chi connectivity index (χ0) is 40.3. The number of aliphatic hydroxyl groups is 1. The molecular weight excluding hydrogens is 674 g/mol. The molecule has 1 aromatic rings. The van der Waals surface area contributed by atoms with E-state index in [0.29, 0.717) is 0 Å². The van der Waals surface area contributed by atoms with E-state index in [1.807, 2.05) is 91.7 Å². The number of methoxy groups -OCH3 is 2. The van der Waals surface area contributed by atoms with Crippen molar-refractivity contribution in [2.24, 2.45) is 35.3 Å². The average Bonchev–Trinajstić information content (AvgIpc) is 3.49. The first-order valence-corrected chi connectivity index (χ1v) is 19.4. The van der Waals surface area contributed by atoms with Crippen molar-refractivity contribution in [2.45, 2.75) is 124 Å². The van der Waals surface area contributed by atoms with Crippen molar-refractivity contribution in [1.82, 2.24) is 20.0 Å². The van der Waals surface area contributed by atoms with Crippen LogP contribution in [-0.2, 0) is 28.7 Å². The molecule has 0 spiro atoms. The summed E-state index contributed by atoms with van der Waals surface area (Å²) in [6, 6.07) is 6.14. The number of carbonyl (C=O) groups excluding carboxylic acids is 4. The summed E-state index contributed by atoms with van der Waals surface area (Å²) in [7, 11) is 8.57. The predicted molar refractivity (Wildman–Crippen MR) is 209 cm³/mol. The number of hydrogen-bond donors (Lipinski definition) is 3. The highest BCUT2D eigenvalue weighted by atomic mass is 16.5. The van der Waals surface area contributed by atoms with Crippen LogP contribution in [0.1, 0.15) is 91.3 Å². The normalized spacial score (nSPS) is 20.8. The molecule has 1 aliphatic rings. The molecule has 0 saturated carbocycles. The van der Waals surface area contributed by atoms with E-state index in [0.717, 1.165) is 17.5 Å². The molecule has 0 aromatic heterocycles. The van der Waals surface area contributed by atoms with Crippen molar-refractivity contribution in [3.05, 3.63) is 35.4 Å². The van der Waals surface area contributed by atoms with Gasteiger partial charge in [0.25, 0.3) is 0 Å². The van der Waals surface area contributed by atoms with Gasteiger partial charge in [-0.2, -0.15) is 0 Å². The third kappa shape index (κ3) is 12.3. The summed E-state index contributed by atoms with van der Waals surface area (Å²) in [5.41, 5.74) is 8.39. The lowest BCUT2D eigenvalue weighted by Gasteiger charge is -2.41. The minimum atomic E-state index is -0.788. The highest BCUT2D eigenvalue weighted by Gasteiger charge is 2.45. The Morgan fingerprint density at radius 2 is 1.57 bits per heavy atom. The Kier molecular flexibility index (Phi) is 18.6. The van der Waals surface area contributed by atoms with E-state index in [1.54, 1.807) is 30.9 Å². The maximum Gasteiger partial charge on any atom is 0.226 e. The van der Waals surface area contributed by atoms with Gasteiger partial charge in [-0.3, -0.25) is 24.1 Å². The molecule has 1 heterocycles. The molecule has 1 aromatic carbocycles. The number of nitrogens with one attached hydrogen (secondary N) is 1. The number of nitrogens with zero attached hydrogens (tertiary/aromatic N) is 3. The molecule has 1 aliphatic heterocycles. The number of likely N-dealkylation sites (N-methyl/N-ethyl adjacent to an activating group) is 2. The summed E-state index contributed by atoms with van der Waals surface area (Å²) in [5, 5.41) is 13.7. The quantitative estimate of drug-likeness (QED) is 0.171. The van der Waals surface area contributed by atoms with Crippen molar-refractivity contribution in [2.75, 3.05) is 48.5 Å². The number of aryl methyl sites for hydroxylation is 1. The molecule has 0 radical (unpaired) electrons. The molecule has 2 rings (SSSR count). The van der Waals surface area contributed by atoms with E-state index in [9.17, 15) is 24.3 Å². The molecule has 53 heavy (non-hydrogen) atoms. The number of β-amino-alcohol motifs (C(OH)–C–C–N with tert-alkyl or cyclic N) is 1. The van der Waals surface area contributed by atoms with Gasteiger partial charge in [-0.25, -0.2) is 0 Å². The highest BCUT2D eigenvalue weighted by Crippen LogP contribution is 2.31. The summed E-state index contributed by atoms with van der Waals surface area (Å²) in [4.78, 5) is 60.6. The molecule has 0 bridgehead atoms. The number of ketones is 1. The Balaban J connectivity index is 2.27. The minimum absolute atomic E-state index is 0.0305. The van der Waals surface area contributed by atoms with Gasteiger partial charge < -0.3 is 35.4 Å². The summed E-state index contributed by atoms with van der Waals surface area (Å²) in [6.07, 6.45) is -1.08. The van der Waals surface area contributed by atoms with Crippen molar-refractivity contribution in [3.8, 4) is 0 Å². The van der Waals surface area contributed by atoms with Gasteiger partial charge in [0.15, 0.2) is 5.78 Å². The third-order valence-electron chi connectivity index (χ3n) is 11.3. The number of benzene rings is 1. The Labute approximate surface area is 319 Å². The third-order valence-corrected chi connectivity index (χ3v) is 11.3. The summed E-state index contributed by atoms with van der Waals surface area (Å²) in [6.45, 7) is 16.1. The standard InChI is InChI=1S/C41H71N5O7/c1-14-27(7)38(45(11)41(51)31(24(2)3)20-34(48)37(25(4)5)44(9)10)35(52-12)21-36(49)46-23-30(47)19-33(46)39(53-13)28(8)40(50)43-22-32(42)29-17-15-26(6)16-18-29/h15-18,24-25,27-28,30-33,35,37-39,47H,14,19-23,42H2,1-13H3,(H,43,50)/t27?,28-,30+,31+,32?,33+,35-,37+,38+,39-/m1/s1. The predicted octanol–water partition coefficient (Wildman–Crippen LogP) is 3.82. The molecule has 1 saturated heterocycles. The van der Waals surface area contributed by atoms with Crippen LogP contribution in [0.5, 0.6) is 0 Å². The molecule has 0 aliphatic carbocycles. The number of rotatable bonds is 21. The lowest BCUT2D eigenvalue weighted by molar-refractivity contribution is -0.149. The topological polar surface area (TPSA) is 155 Å². The van der Waals surface area contributed by atoms with Crippen LogP contribution in [0.2, 0.25) is 0 Å². The number of likely N-dealkylation sites (tertiary alicyclic amines) is 1. The number of aliphatic hydroxyl groups excluding tert-OH is 1. The second-order valence-electron chi connectivity index (χ2n) is 16.2. The Morgan fingerprint density at radius 3 is 2.06 bits per heavy atom. The summed E-state index contributed by atoms with van der Waals surface area (Å²) >= 11 is 0. The number of Topliss-reactive ketones (excluding diaryl/α,β-unsaturated/α-hetero) is 1. The van der Waals surface area contributed by atoms with Crippen LogP contribution in [0.15, 0.2) is 24.3 Å². The lowest BCUT2D eigenvalue weighted by Crippen LogP contribution is -2.54. The van der Waals surface area contributed by atoms with E-state index >= 15 is 0 Å². The number of nitrogens with two attached hydrogens (primary N) is 1. The van der Waals surface area contributed by atoms with Crippen LogP contribution in [0, 0.1) is 36.5 Å². The van der Waals surface area contributed by atoms with Gasteiger partial charge >= 0.3 is 0 Å². The molecule has 10 atom stereocenters. The maximum absolute atomic E-state index is 14.3. The molecule has 12 nitrogen and oxygen atoms in total. The van der Waals surface area contributed by atoms with Gasteiger partial charge in [-0.15, -0.1) is 0 Å². The summed E-state index contributed by atoms with van der Waals surface area (Å²) < 4.78 is 11.9. The number of amides is 3.